The number of benzene rings is 1. The van der Waals surface area contributed by atoms with E-state index >= 15 is 0 Å². The Hall–Kier alpha value is -3.33. The van der Waals surface area contributed by atoms with Gasteiger partial charge in [0.2, 0.25) is 0 Å². The molecule has 1 aromatic heterocycles. The van der Waals surface area contributed by atoms with Crippen molar-refractivity contribution in [2.45, 2.75) is 32.1 Å². The van der Waals surface area contributed by atoms with E-state index in [1.54, 1.807) is 37.4 Å². The standard InChI is InChI=1S/C22H19BrN4O4/c1-12-19(22(29)26-18-10-7-14(23)11-24-18)20(13-5-8-15(9-6-13)27(30)31)21-16(25-12)3-2-4-17(21)28/h5-11,20,25H,2-4H2,1H3,(H,24,26,29)/t20-/m1/s1. The summed E-state index contributed by atoms with van der Waals surface area (Å²) in [6, 6.07) is 9.45. The molecule has 1 aliphatic heterocycles. The number of nitrogens with one attached hydrogen (secondary N) is 2. The Labute approximate surface area is 186 Å². The lowest BCUT2D eigenvalue weighted by molar-refractivity contribution is -0.384. The van der Waals surface area contributed by atoms with E-state index in [1.807, 2.05) is 0 Å². The fourth-order valence-corrected chi connectivity index (χ4v) is 4.27. The SMILES string of the molecule is CC1=C(C(=O)Nc2ccc(Br)cn2)[C@@H](c2ccc([N+](=O)[O-])cc2)C2=C(CCCC2=O)N1. The molecule has 158 valence electrons. The minimum absolute atomic E-state index is 0.0170. The van der Waals surface area contributed by atoms with Crippen molar-refractivity contribution in [3.8, 4) is 0 Å². The van der Waals surface area contributed by atoms with Crippen molar-refractivity contribution in [1.29, 1.82) is 0 Å². The highest BCUT2D eigenvalue weighted by molar-refractivity contribution is 9.10. The summed E-state index contributed by atoms with van der Waals surface area (Å²) in [5, 5.41) is 17.1. The minimum atomic E-state index is -0.611. The zero-order chi connectivity index (χ0) is 22.1. The van der Waals surface area contributed by atoms with Gasteiger partial charge in [0.15, 0.2) is 5.78 Å². The zero-order valence-corrected chi connectivity index (χ0v) is 18.2. The molecule has 2 N–H and O–H groups in total. The molecule has 4 rings (SSSR count). The number of anilines is 1. The van der Waals surface area contributed by atoms with Crippen LogP contribution >= 0.6 is 15.9 Å². The van der Waals surface area contributed by atoms with Crippen molar-refractivity contribution in [3.63, 3.8) is 0 Å². The number of halogens is 1. The maximum absolute atomic E-state index is 13.3. The Balaban J connectivity index is 1.77. The van der Waals surface area contributed by atoms with Crippen molar-refractivity contribution in [2.75, 3.05) is 5.32 Å². The van der Waals surface area contributed by atoms with E-state index in [-0.39, 0.29) is 17.4 Å². The highest BCUT2D eigenvalue weighted by atomic mass is 79.9. The number of pyridine rings is 1. The van der Waals surface area contributed by atoms with Crippen LogP contribution in [-0.2, 0) is 9.59 Å². The van der Waals surface area contributed by atoms with Crippen LogP contribution < -0.4 is 10.6 Å². The van der Waals surface area contributed by atoms with E-state index in [0.29, 0.717) is 41.1 Å². The number of non-ortho nitro benzene ring substituents is 1. The number of hydrogen-bond acceptors (Lipinski definition) is 6. The molecule has 1 amide bonds. The van der Waals surface area contributed by atoms with Crippen LogP contribution in [0.3, 0.4) is 0 Å². The third kappa shape index (κ3) is 4.13. The molecule has 1 atom stereocenters. The van der Waals surface area contributed by atoms with Crippen LogP contribution in [0.1, 0.15) is 37.7 Å². The molecule has 1 aliphatic carbocycles. The van der Waals surface area contributed by atoms with Crippen LogP contribution in [-0.4, -0.2) is 21.6 Å². The first-order valence-corrected chi connectivity index (χ1v) is 10.6. The summed E-state index contributed by atoms with van der Waals surface area (Å²) in [7, 11) is 0. The number of Topliss-reactive ketones (excluding diaryl/α,β-unsaturated/α-hetero) is 1. The highest BCUT2D eigenvalue weighted by Gasteiger charge is 2.38. The molecule has 31 heavy (non-hydrogen) atoms. The number of amides is 1. The number of rotatable bonds is 4. The third-order valence-electron chi connectivity index (χ3n) is 5.43. The van der Waals surface area contributed by atoms with Crippen LogP contribution in [0.2, 0.25) is 0 Å². The summed E-state index contributed by atoms with van der Waals surface area (Å²) in [6.07, 6.45) is 3.45. The molecule has 0 spiro atoms. The number of carbonyl (C=O) groups excluding carboxylic acids is 2. The molecule has 0 fully saturated rings. The van der Waals surface area contributed by atoms with E-state index < -0.39 is 10.8 Å². The summed E-state index contributed by atoms with van der Waals surface area (Å²) < 4.78 is 0.784. The summed E-state index contributed by atoms with van der Waals surface area (Å²) in [5.74, 6) is -0.629. The molecule has 9 heteroatoms. The Morgan fingerprint density at radius 2 is 1.97 bits per heavy atom. The molecule has 0 saturated carbocycles. The number of aromatic nitrogens is 1. The number of hydrogen-bond donors (Lipinski definition) is 2. The second kappa shape index (κ2) is 8.43. The maximum atomic E-state index is 13.3. The largest absolute Gasteiger partial charge is 0.362 e. The molecule has 2 aromatic rings. The smallest absolute Gasteiger partial charge is 0.269 e. The van der Waals surface area contributed by atoms with Crippen LogP contribution in [0.5, 0.6) is 0 Å². The number of nitro groups is 1. The molecule has 8 nitrogen and oxygen atoms in total. The van der Waals surface area contributed by atoms with Crippen LogP contribution in [0.25, 0.3) is 0 Å². The number of carbonyl (C=O) groups is 2. The number of nitro benzene ring substituents is 1. The van der Waals surface area contributed by atoms with E-state index in [9.17, 15) is 19.7 Å². The molecule has 0 bridgehead atoms. The van der Waals surface area contributed by atoms with Gasteiger partial charge in [-0.1, -0.05) is 12.1 Å². The van der Waals surface area contributed by atoms with Gasteiger partial charge < -0.3 is 10.6 Å². The van der Waals surface area contributed by atoms with E-state index in [1.165, 1.54) is 12.1 Å². The summed E-state index contributed by atoms with van der Waals surface area (Å²) in [6.45, 7) is 1.80. The van der Waals surface area contributed by atoms with Gasteiger partial charge in [0.1, 0.15) is 5.82 Å². The topological polar surface area (TPSA) is 114 Å². The van der Waals surface area contributed by atoms with Gasteiger partial charge in [-0.3, -0.25) is 19.7 Å². The predicted octanol–water partition coefficient (Wildman–Crippen LogP) is 4.36. The third-order valence-corrected chi connectivity index (χ3v) is 5.90. The molecule has 0 saturated heterocycles. The summed E-state index contributed by atoms with van der Waals surface area (Å²) in [4.78, 5) is 41.0. The van der Waals surface area contributed by atoms with Gasteiger partial charge >= 0.3 is 0 Å². The Bertz CT molecular complexity index is 1140. The van der Waals surface area contributed by atoms with E-state index in [2.05, 4.69) is 31.5 Å². The number of nitrogens with zero attached hydrogens (tertiary/aromatic N) is 2. The lowest BCUT2D eigenvalue weighted by Crippen LogP contribution is -2.35. The first-order valence-electron chi connectivity index (χ1n) is 9.76. The van der Waals surface area contributed by atoms with Gasteiger partial charge in [0, 0.05) is 57.7 Å². The lowest BCUT2D eigenvalue weighted by Gasteiger charge is -2.34. The fraction of sp³-hybridized carbons (Fsp3) is 0.227. The molecule has 1 aromatic carbocycles. The number of allylic oxidation sites excluding steroid dienone is 3. The van der Waals surface area contributed by atoms with E-state index in [4.69, 9.17) is 0 Å². The Kier molecular flexibility index (Phi) is 5.69. The van der Waals surface area contributed by atoms with Gasteiger partial charge in [-0.25, -0.2) is 4.98 Å². The Morgan fingerprint density at radius 1 is 1.23 bits per heavy atom. The van der Waals surface area contributed by atoms with Gasteiger partial charge in [0.25, 0.3) is 11.6 Å². The van der Waals surface area contributed by atoms with Crippen molar-refractivity contribution in [2.24, 2.45) is 0 Å². The maximum Gasteiger partial charge on any atom is 0.269 e. The number of dihydropyridines is 1. The van der Waals surface area contributed by atoms with Crippen molar-refractivity contribution >= 4 is 39.1 Å². The van der Waals surface area contributed by atoms with Gasteiger partial charge in [-0.15, -0.1) is 0 Å². The Morgan fingerprint density at radius 3 is 2.61 bits per heavy atom. The lowest BCUT2D eigenvalue weighted by atomic mass is 9.75. The number of ketones is 1. The highest BCUT2D eigenvalue weighted by Crippen LogP contribution is 2.42. The first kappa shape index (κ1) is 20.9. The zero-order valence-electron chi connectivity index (χ0n) is 16.6. The molecular weight excluding hydrogens is 464 g/mol. The van der Waals surface area contributed by atoms with Crippen molar-refractivity contribution in [3.05, 3.63) is 85.3 Å². The monoisotopic (exact) mass is 482 g/mol. The first-order chi connectivity index (χ1) is 14.8. The second-order valence-electron chi connectivity index (χ2n) is 7.43. The van der Waals surface area contributed by atoms with Gasteiger partial charge in [-0.2, -0.15) is 0 Å². The quantitative estimate of drug-likeness (QED) is 0.494. The summed E-state index contributed by atoms with van der Waals surface area (Å²) in [5.41, 5.74) is 3.02. The average molecular weight is 483 g/mol. The minimum Gasteiger partial charge on any atom is -0.362 e. The van der Waals surface area contributed by atoms with Crippen LogP contribution in [0, 0.1) is 10.1 Å². The molecule has 2 aliphatic rings. The van der Waals surface area contributed by atoms with Gasteiger partial charge in [0.05, 0.1) is 4.92 Å². The second-order valence-corrected chi connectivity index (χ2v) is 8.35. The summed E-state index contributed by atoms with van der Waals surface area (Å²) >= 11 is 3.31. The van der Waals surface area contributed by atoms with Crippen molar-refractivity contribution in [1.82, 2.24) is 10.3 Å². The van der Waals surface area contributed by atoms with E-state index in [0.717, 1.165) is 16.6 Å². The predicted molar refractivity (Wildman–Crippen MR) is 118 cm³/mol. The molecular formula is C22H19BrN4O4. The van der Waals surface area contributed by atoms with Crippen LogP contribution in [0.4, 0.5) is 11.5 Å². The molecule has 2 heterocycles. The van der Waals surface area contributed by atoms with Crippen molar-refractivity contribution < 1.29 is 14.5 Å². The molecule has 0 unspecified atom stereocenters. The molecule has 0 radical (unpaired) electrons. The average Bonchev–Trinajstić information content (AvgIpc) is 2.74. The van der Waals surface area contributed by atoms with Crippen LogP contribution in [0.15, 0.2) is 69.6 Å². The normalized spacial score (nSPS) is 18.4. The fourth-order valence-electron chi connectivity index (χ4n) is 4.04. The van der Waals surface area contributed by atoms with Gasteiger partial charge in [-0.05, 0) is 53.4 Å².